The quantitative estimate of drug-likeness (QED) is 0.732. The van der Waals surface area contributed by atoms with Crippen LogP contribution >= 0.6 is 0 Å². The largest absolute Gasteiger partial charge is 0.497 e. The molecule has 3 nitrogen and oxygen atoms in total. The third-order valence-corrected chi connectivity index (χ3v) is 10.0. The van der Waals surface area contributed by atoms with Gasteiger partial charge in [-0.15, -0.1) is 0 Å². The minimum absolute atomic E-state index is 0.0690. The maximum absolute atomic E-state index is 12.4. The lowest BCUT2D eigenvalue weighted by atomic mass is 9.42. The molecular weight excluding hydrogens is 360 g/mol. The summed E-state index contributed by atoms with van der Waals surface area (Å²) in [5, 5.41) is 10.9. The van der Waals surface area contributed by atoms with Gasteiger partial charge in [0.2, 0.25) is 0 Å². The van der Waals surface area contributed by atoms with E-state index < -0.39 is 0 Å². The summed E-state index contributed by atoms with van der Waals surface area (Å²) in [6.45, 7) is 4.86. The van der Waals surface area contributed by atoms with Crippen molar-refractivity contribution < 1.29 is 14.6 Å². The highest BCUT2D eigenvalue weighted by Crippen LogP contribution is 2.68. The smallest absolute Gasteiger partial charge is 0.133 e. The highest BCUT2D eigenvalue weighted by Gasteiger charge is 2.62. The van der Waals surface area contributed by atoms with E-state index in [9.17, 15) is 9.90 Å². The van der Waals surface area contributed by atoms with Crippen LogP contribution in [0.2, 0.25) is 0 Å². The molecule has 1 N–H and O–H groups in total. The summed E-state index contributed by atoms with van der Waals surface area (Å²) in [6.07, 6.45) is 8.06. The Morgan fingerprint density at radius 2 is 1.72 bits per heavy atom. The molecule has 0 heterocycles. The molecule has 1 unspecified atom stereocenters. The first-order chi connectivity index (χ1) is 13.9. The number of rotatable bonds is 2. The Labute approximate surface area is 175 Å². The van der Waals surface area contributed by atoms with Crippen LogP contribution in [-0.2, 0) is 4.79 Å². The van der Waals surface area contributed by atoms with Gasteiger partial charge in [-0.05, 0) is 96.6 Å². The monoisotopic (exact) mass is 396 g/mol. The van der Waals surface area contributed by atoms with Crippen LogP contribution < -0.4 is 4.74 Å². The van der Waals surface area contributed by atoms with Gasteiger partial charge >= 0.3 is 0 Å². The molecule has 4 aliphatic rings. The van der Waals surface area contributed by atoms with Gasteiger partial charge < -0.3 is 9.84 Å². The molecule has 3 heteroatoms. The Morgan fingerprint density at radius 3 is 2.45 bits per heavy atom. The van der Waals surface area contributed by atoms with Crippen molar-refractivity contribution in [2.24, 2.45) is 34.5 Å². The molecule has 0 radical (unpaired) electrons. The second-order valence-corrected chi connectivity index (χ2v) is 11.0. The number of hydrogen-bond acceptors (Lipinski definition) is 3. The number of methoxy groups -OCH3 is 1. The first kappa shape index (κ1) is 19.6. The normalized spacial score (nSPS) is 46.6. The standard InChI is InChI=1S/C26H36O3/c1-25-12-10-18(27)14-17(25)15-20(16-4-6-19(29-3)7-5-16)24-21-8-9-23(28)26(21,2)13-11-22(24)25/h4-7,17,20-24,28H,8-15H2,1-3H3/t17-,20?,21+,22+,23+,24+,25+,26+/m1/s1. The van der Waals surface area contributed by atoms with E-state index in [1.165, 1.54) is 12.0 Å². The maximum Gasteiger partial charge on any atom is 0.133 e. The predicted octanol–water partition coefficient (Wildman–Crippen LogP) is 5.36. The zero-order valence-corrected chi connectivity index (χ0v) is 18.2. The van der Waals surface area contributed by atoms with Crippen LogP contribution in [-0.4, -0.2) is 24.1 Å². The molecule has 4 saturated carbocycles. The van der Waals surface area contributed by atoms with E-state index in [1.807, 2.05) is 0 Å². The molecule has 0 saturated heterocycles. The Balaban J connectivity index is 1.57. The zero-order chi connectivity index (χ0) is 20.4. The Hall–Kier alpha value is -1.35. The molecule has 0 aromatic heterocycles. The Morgan fingerprint density at radius 1 is 1.00 bits per heavy atom. The lowest BCUT2D eigenvalue weighted by Gasteiger charge is -2.62. The van der Waals surface area contributed by atoms with Crippen molar-refractivity contribution in [3.8, 4) is 5.75 Å². The average molecular weight is 397 g/mol. The molecule has 0 bridgehead atoms. The number of benzene rings is 1. The van der Waals surface area contributed by atoms with Crippen molar-refractivity contribution in [1.29, 1.82) is 0 Å². The number of fused-ring (bicyclic) bond motifs is 5. The fourth-order valence-electron chi connectivity index (χ4n) is 8.23. The summed E-state index contributed by atoms with van der Waals surface area (Å²) in [4.78, 5) is 12.4. The highest BCUT2D eigenvalue weighted by atomic mass is 16.5. The number of carbonyl (C=O) groups is 1. The summed E-state index contributed by atoms with van der Waals surface area (Å²) in [5.41, 5.74) is 1.77. The van der Waals surface area contributed by atoms with E-state index in [4.69, 9.17) is 4.74 Å². The minimum atomic E-state index is -0.150. The summed E-state index contributed by atoms with van der Waals surface area (Å²) in [7, 11) is 1.72. The first-order valence-electron chi connectivity index (χ1n) is 11.7. The van der Waals surface area contributed by atoms with Crippen LogP contribution in [0.5, 0.6) is 5.75 Å². The Kier molecular flexibility index (Phi) is 4.62. The fourth-order valence-corrected chi connectivity index (χ4v) is 8.23. The van der Waals surface area contributed by atoms with Crippen LogP contribution in [0.3, 0.4) is 0 Å². The number of aliphatic hydroxyl groups is 1. The van der Waals surface area contributed by atoms with E-state index >= 15 is 0 Å². The molecular formula is C26H36O3. The third-order valence-electron chi connectivity index (χ3n) is 10.0. The topological polar surface area (TPSA) is 46.5 Å². The number of ether oxygens (including phenoxy) is 1. The summed E-state index contributed by atoms with van der Waals surface area (Å²) in [5.74, 6) is 4.26. The number of Topliss-reactive ketones (excluding diaryl/α,β-unsaturated/α-hetero) is 1. The van der Waals surface area contributed by atoms with Gasteiger partial charge in [0.15, 0.2) is 0 Å². The second-order valence-electron chi connectivity index (χ2n) is 11.0. The second kappa shape index (κ2) is 6.83. The fraction of sp³-hybridized carbons (Fsp3) is 0.731. The number of hydrogen-bond donors (Lipinski definition) is 1. The van der Waals surface area contributed by atoms with Crippen LogP contribution in [0.15, 0.2) is 24.3 Å². The molecule has 8 atom stereocenters. The summed E-state index contributed by atoms with van der Waals surface area (Å²) < 4.78 is 5.40. The molecule has 0 spiro atoms. The van der Waals surface area contributed by atoms with Gasteiger partial charge in [-0.25, -0.2) is 0 Å². The SMILES string of the molecule is COc1ccc(C2C[C@H]3CC(=O)CC[C@]3(C)[C@H]3CC[C@]4(C)[C@@H](O)CC[C@H]4[C@H]23)cc1. The van der Waals surface area contributed by atoms with Crippen molar-refractivity contribution in [3.05, 3.63) is 29.8 Å². The van der Waals surface area contributed by atoms with Crippen molar-refractivity contribution in [2.75, 3.05) is 7.11 Å². The van der Waals surface area contributed by atoms with E-state index in [0.29, 0.717) is 35.4 Å². The van der Waals surface area contributed by atoms with E-state index in [2.05, 4.69) is 38.1 Å². The van der Waals surface area contributed by atoms with E-state index in [-0.39, 0.29) is 16.9 Å². The van der Waals surface area contributed by atoms with Crippen molar-refractivity contribution in [2.45, 2.75) is 77.2 Å². The molecule has 1 aromatic rings. The summed E-state index contributed by atoms with van der Waals surface area (Å²) >= 11 is 0. The molecule has 5 rings (SSSR count). The number of ketones is 1. The summed E-state index contributed by atoms with van der Waals surface area (Å²) in [6, 6.07) is 8.70. The molecule has 158 valence electrons. The number of aliphatic hydroxyl groups excluding tert-OH is 1. The van der Waals surface area contributed by atoms with E-state index in [0.717, 1.165) is 50.7 Å². The van der Waals surface area contributed by atoms with Gasteiger partial charge in [0.25, 0.3) is 0 Å². The van der Waals surface area contributed by atoms with Gasteiger partial charge in [-0.1, -0.05) is 26.0 Å². The van der Waals surface area contributed by atoms with Gasteiger partial charge in [-0.2, -0.15) is 0 Å². The highest BCUT2D eigenvalue weighted by molar-refractivity contribution is 5.79. The average Bonchev–Trinajstić information content (AvgIpc) is 3.03. The zero-order valence-electron chi connectivity index (χ0n) is 18.2. The third kappa shape index (κ3) is 2.83. The minimum Gasteiger partial charge on any atom is -0.497 e. The molecule has 29 heavy (non-hydrogen) atoms. The molecule has 4 aliphatic carbocycles. The van der Waals surface area contributed by atoms with Crippen molar-refractivity contribution in [3.63, 3.8) is 0 Å². The van der Waals surface area contributed by atoms with Gasteiger partial charge in [0, 0.05) is 12.8 Å². The van der Waals surface area contributed by atoms with E-state index in [1.54, 1.807) is 7.11 Å². The van der Waals surface area contributed by atoms with Crippen molar-refractivity contribution >= 4 is 5.78 Å². The van der Waals surface area contributed by atoms with Crippen LogP contribution in [0, 0.1) is 34.5 Å². The molecule has 4 fully saturated rings. The maximum atomic E-state index is 12.4. The number of carbonyl (C=O) groups excluding carboxylic acids is 1. The molecule has 0 amide bonds. The first-order valence-corrected chi connectivity index (χ1v) is 11.7. The Bertz CT molecular complexity index is 786. The van der Waals surface area contributed by atoms with Crippen LogP contribution in [0.25, 0.3) is 0 Å². The van der Waals surface area contributed by atoms with Crippen LogP contribution in [0.1, 0.15) is 76.7 Å². The molecule has 0 aliphatic heterocycles. The van der Waals surface area contributed by atoms with Crippen molar-refractivity contribution in [1.82, 2.24) is 0 Å². The molecule has 1 aromatic carbocycles. The van der Waals surface area contributed by atoms with Gasteiger partial charge in [-0.3, -0.25) is 4.79 Å². The van der Waals surface area contributed by atoms with Gasteiger partial charge in [0.1, 0.15) is 11.5 Å². The van der Waals surface area contributed by atoms with Crippen LogP contribution in [0.4, 0.5) is 0 Å². The lowest BCUT2D eigenvalue weighted by Crippen LogP contribution is -2.56. The van der Waals surface area contributed by atoms with Gasteiger partial charge in [0.05, 0.1) is 13.2 Å². The lowest BCUT2D eigenvalue weighted by molar-refractivity contribution is -0.146. The predicted molar refractivity (Wildman–Crippen MR) is 114 cm³/mol.